The Kier molecular flexibility index (Phi) is 4.42. The number of rotatable bonds is 4. The third-order valence-electron chi connectivity index (χ3n) is 2.52. The Morgan fingerprint density at radius 2 is 2.12 bits per heavy atom. The molecule has 1 N–H and O–H groups in total. The first kappa shape index (κ1) is 13.1. The van der Waals surface area contributed by atoms with Gasteiger partial charge in [-0.3, -0.25) is 4.98 Å². The van der Waals surface area contributed by atoms with E-state index in [1.54, 1.807) is 12.3 Å². The third kappa shape index (κ3) is 3.27. The van der Waals surface area contributed by atoms with Gasteiger partial charge in [-0.1, -0.05) is 27.7 Å². The molecule has 0 saturated carbocycles. The Balaban J connectivity index is 2.97. The van der Waals surface area contributed by atoms with Crippen LogP contribution in [-0.4, -0.2) is 11.5 Å². The Hall–Kier alpha value is -0.960. The van der Waals surface area contributed by atoms with Crippen LogP contribution in [0.25, 0.3) is 0 Å². The molecule has 2 nitrogen and oxygen atoms in total. The minimum atomic E-state index is -0.231. The van der Waals surface area contributed by atoms with Crippen molar-refractivity contribution in [3.05, 3.63) is 29.8 Å². The summed E-state index contributed by atoms with van der Waals surface area (Å²) in [5, 5.41) is 3.36. The van der Waals surface area contributed by atoms with Crippen LogP contribution in [-0.2, 0) is 0 Å². The molecule has 0 bridgehead atoms. The normalized spacial score (nSPS) is 13.8. The lowest BCUT2D eigenvalue weighted by atomic mass is 9.84. The highest BCUT2D eigenvalue weighted by Gasteiger charge is 2.28. The Bertz CT molecular complexity index is 331. The summed E-state index contributed by atoms with van der Waals surface area (Å²) in [4.78, 5) is 4.16. The maximum absolute atomic E-state index is 13.7. The molecule has 0 aromatic carbocycles. The van der Waals surface area contributed by atoms with Gasteiger partial charge in [0.15, 0.2) is 0 Å². The van der Waals surface area contributed by atoms with Gasteiger partial charge in [-0.25, -0.2) is 4.39 Å². The molecule has 1 heterocycles. The van der Waals surface area contributed by atoms with E-state index >= 15 is 0 Å². The van der Waals surface area contributed by atoms with Crippen LogP contribution in [0.5, 0.6) is 0 Å². The van der Waals surface area contributed by atoms with E-state index in [-0.39, 0.29) is 17.3 Å². The fraction of sp³-hybridized carbons (Fsp3) is 0.615. The molecule has 0 aliphatic rings. The van der Waals surface area contributed by atoms with Gasteiger partial charge in [-0.05, 0) is 30.5 Å². The van der Waals surface area contributed by atoms with Gasteiger partial charge >= 0.3 is 0 Å². The molecule has 0 radical (unpaired) electrons. The fourth-order valence-corrected chi connectivity index (χ4v) is 1.71. The highest BCUT2D eigenvalue weighted by molar-refractivity contribution is 5.14. The van der Waals surface area contributed by atoms with Crippen LogP contribution in [0.15, 0.2) is 18.3 Å². The van der Waals surface area contributed by atoms with E-state index in [9.17, 15) is 4.39 Å². The standard InChI is InChI=1S/C13H21FN2/c1-5-8-16-12(13(2,3)4)11-10(14)7-6-9-15-11/h6-7,9,12,16H,5,8H2,1-4H3. The predicted molar refractivity (Wildman–Crippen MR) is 64.7 cm³/mol. The number of hydrogen-bond donors (Lipinski definition) is 1. The van der Waals surface area contributed by atoms with Crippen LogP contribution < -0.4 is 5.32 Å². The van der Waals surface area contributed by atoms with Gasteiger partial charge in [-0.15, -0.1) is 0 Å². The summed E-state index contributed by atoms with van der Waals surface area (Å²) in [6.07, 6.45) is 2.67. The number of nitrogens with zero attached hydrogens (tertiary/aromatic N) is 1. The third-order valence-corrected chi connectivity index (χ3v) is 2.52. The molecule has 0 spiro atoms. The molecular weight excluding hydrogens is 203 g/mol. The zero-order chi connectivity index (χ0) is 12.2. The second-order valence-corrected chi connectivity index (χ2v) is 5.12. The maximum Gasteiger partial charge on any atom is 0.146 e. The summed E-state index contributed by atoms with van der Waals surface area (Å²) in [5.74, 6) is -0.231. The number of hydrogen-bond acceptors (Lipinski definition) is 2. The van der Waals surface area contributed by atoms with E-state index in [0.29, 0.717) is 5.69 Å². The molecular formula is C13H21FN2. The van der Waals surface area contributed by atoms with Crippen LogP contribution in [0.4, 0.5) is 4.39 Å². The molecule has 0 fully saturated rings. The zero-order valence-corrected chi connectivity index (χ0v) is 10.5. The Morgan fingerprint density at radius 1 is 1.44 bits per heavy atom. The van der Waals surface area contributed by atoms with Gasteiger partial charge in [0, 0.05) is 6.20 Å². The van der Waals surface area contributed by atoms with Crippen molar-refractivity contribution >= 4 is 0 Å². The highest BCUT2D eigenvalue weighted by Crippen LogP contribution is 2.32. The monoisotopic (exact) mass is 224 g/mol. The van der Waals surface area contributed by atoms with Crippen LogP contribution in [0.1, 0.15) is 45.9 Å². The number of pyridine rings is 1. The summed E-state index contributed by atoms with van der Waals surface area (Å²) < 4.78 is 13.7. The second-order valence-electron chi connectivity index (χ2n) is 5.12. The molecule has 16 heavy (non-hydrogen) atoms. The van der Waals surface area contributed by atoms with Crippen molar-refractivity contribution in [3.63, 3.8) is 0 Å². The van der Waals surface area contributed by atoms with Crippen molar-refractivity contribution < 1.29 is 4.39 Å². The molecule has 1 atom stereocenters. The summed E-state index contributed by atoms with van der Waals surface area (Å²) in [7, 11) is 0. The molecule has 1 aromatic rings. The van der Waals surface area contributed by atoms with E-state index in [0.717, 1.165) is 13.0 Å². The van der Waals surface area contributed by atoms with Gasteiger partial charge in [0.05, 0.1) is 11.7 Å². The van der Waals surface area contributed by atoms with E-state index in [1.807, 2.05) is 0 Å². The molecule has 90 valence electrons. The van der Waals surface area contributed by atoms with E-state index in [1.165, 1.54) is 6.07 Å². The number of halogens is 1. The first-order valence-electron chi connectivity index (χ1n) is 5.80. The first-order valence-corrected chi connectivity index (χ1v) is 5.80. The Labute approximate surface area is 97.3 Å². The van der Waals surface area contributed by atoms with Gasteiger partial charge in [0.25, 0.3) is 0 Å². The smallest absolute Gasteiger partial charge is 0.146 e. The molecule has 0 aliphatic heterocycles. The minimum Gasteiger partial charge on any atom is -0.308 e. The largest absolute Gasteiger partial charge is 0.308 e. The van der Waals surface area contributed by atoms with E-state index in [2.05, 4.69) is 38.0 Å². The van der Waals surface area contributed by atoms with Crippen molar-refractivity contribution in [2.45, 2.75) is 40.2 Å². The molecule has 1 unspecified atom stereocenters. The van der Waals surface area contributed by atoms with E-state index in [4.69, 9.17) is 0 Å². The summed E-state index contributed by atoms with van der Waals surface area (Å²) >= 11 is 0. The van der Waals surface area contributed by atoms with E-state index < -0.39 is 0 Å². The quantitative estimate of drug-likeness (QED) is 0.848. The van der Waals surface area contributed by atoms with Crippen LogP contribution in [0.2, 0.25) is 0 Å². The molecule has 3 heteroatoms. The zero-order valence-electron chi connectivity index (χ0n) is 10.5. The minimum absolute atomic E-state index is 0.0475. The SMILES string of the molecule is CCCNC(c1ncccc1F)C(C)(C)C. The first-order chi connectivity index (χ1) is 7.46. The highest BCUT2D eigenvalue weighted by atomic mass is 19.1. The lowest BCUT2D eigenvalue weighted by Gasteiger charge is -2.31. The van der Waals surface area contributed by atoms with Crippen LogP contribution in [0, 0.1) is 11.2 Å². The Morgan fingerprint density at radius 3 is 2.62 bits per heavy atom. The molecule has 0 amide bonds. The average molecular weight is 224 g/mol. The van der Waals surface area contributed by atoms with Crippen molar-refractivity contribution in [1.29, 1.82) is 0 Å². The topological polar surface area (TPSA) is 24.9 Å². The number of aromatic nitrogens is 1. The van der Waals surface area contributed by atoms with Gasteiger partial charge in [0.2, 0.25) is 0 Å². The van der Waals surface area contributed by atoms with Crippen LogP contribution >= 0.6 is 0 Å². The second kappa shape index (κ2) is 5.39. The molecule has 1 aromatic heterocycles. The lowest BCUT2D eigenvalue weighted by Crippen LogP contribution is -2.34. The fourth-order valence-electron chi connectivity index (χ4n) is 1.71. The van der Waals surface area contributed by atoms with Crippen molar-refractivity contribution in [1.82, 2.24) is 10.3 Å². The summed E-state index contributed by atoms with van der Waals surface area (Å²) in [6, 6.07) is 3.04. The summed E-state index contributed by atoms with van der Waals surface area (Å²) in [5.41, 5.74) is 0.466. The van der Waals surface area contributed by atoms with Gasteiger partial charge < -0.3 is 5.32 Å². The maximum atomic E-state index is 13.7. The van der Waals surface area contributed by atoms with Gasteiger partial charge in [0.1, 0.15) is 5.82 Å². The van der Waals surface area contributed by atoms with Crippen molar-refractivity contribution in [3.8, 4) is 0 Å². The average Bonchev–Trinajstić information content (AvgIpc) is 2.19. The molecule has 1 rings (SSSR count). The predicted octanol–water partition coefficient (Wildman–Crippen LogP) is 3.31. The number of nitrogens with one attached hydrogen (secondary N) is 1. The van der Waals surface area contributed by atoms with Crippen molar-refractivity contribution in [2.24, 2.45) is 5.41 Å². The lowest BCUT2D eigenvalue weighted by molar-refractivity contribution is 0.261. The van der Waals surface area contributed by atoms with Crippen molar-refractivity contribution in [2.75, 3.05) is 6.54 Å². The molecule has 0 aliphatic carbocycles. The summed E-state index contributed by atoms with van der Waals surface area (Å²) in [6.45, 7) is 9.25. The van der Waals surface area contributed by atoms with Gasteiger partial charge in [-0.2, -0.15) is 0 Å². The molecule has 0 saturated heterocycles. The van der Waals surface area contributed by atoms with Crippen LogP contribution in [0.3, 0.4) is 0 Å².